The molecule has 21 heavy (non-hydrogen) atoms. The second-order valence-corrected chi connectivity index (χ2v) is 5.75. The number of carbonyl (C=O) groups excluding carboxylic acids is 1. The lowest BCUT2D eigenvalue weighted by atomic mass is 9.75. The van der Waals surface area contributed by atoms with E-state index < -0.39 is 0 Å². The van der Waals surface area contributed by atoms with Crippen LogP contribution in [-0.2, 0) is 10.2 Å². The summed E-state index contributed by atoms with van der Waals surface area (Å²) in [7, 11) is 0. The number of hydrogen-bond acceptors (Lipinski definition) is 2. The predicted octanol–water partition coefficient (Wildman–Crippen LogP) is 3.94. The van der Waals surface area contributed by atoms with E-state index in [9.17, 15) is 4.79 Å². The molecule has 3 nitrogen and oxygen atoms in total. The van der Waals surface area contributed by atoms with Gasteiger partial charge in [0.25, 0.3) is 0 Å². The third-order valence-electron chi connectivity index (χ3n) is 3.88. The zero-order valence-electron chi connectivity index (χ0n) is 12.4. The molecular formula is C15H23Cl3N2O. The second-order valence-electron chi connectivity index (χ2n) is 4.93. The summed E-state index contributed by atoms with van der Waals surface area (Å²) >= 11 is 12.1. The molecule has 0 spiro atoms. The molecule has 0 aliphatic heterocycles. The van der Waals surface area contributed by atoms with Crippen LogP contribution in [0.25, 0.3) is 0 Å². The molecule has 0 fully saturated rings. The molecule has 0 unspecified atom stereocenters. The Labute approximate surface area is 143 Å². The Kier molecular flexibility index (Phi) is 9.30. The van der Waals surface area contributed by atoms with Gasteiger partial charge in [0, 0.05) is 24.9 Å². The van der Waals surface area contributed by atoms with Gasteiger partial charge in [0.2, 0.25) is 5.91 Å². The fourth-order valence-electron chi connectivity index (χ4n) is 2.32. The molecule has 3 N–H and O–H groups in total. The van der Waals surface area contributed by atoms with Gasteiger partial charge in [0.05, 0.1) is 10.0 Å². The minimum atomic E-state index is -0.127. The molecule has 120 valence electrons. The number of carbonyl (C=O) groups is 1. The van der Waals surface area contributed by atoms with Crippen LogP contribution in [0.2, 0.25) is 10.0 Å². The van der Waals surface area contributed by atoms with Crippen LogP contribution in [0, 0.1) is 0 Å². The maximum absolute atomic E-state index is 11.6. The van der Waals surface area contributed by atoms with Gasteiger partial charge in [-0.1, -0.05) is 43.1 Å². The summed E-state index contributed by atoms with van der Waals surface area (Å²) in [5.74, 6) is -0.0150. The number of nitrogens with two attached hydrogens (primary N) is 1. The number of halogens is 3. The maximum atomic E-state index is 11.6. The van der Waals surface area contributed by atoms with Gasteiger partial charge >= 0.3 is 0 Å². The molecule has 0 aliphatic rings. The van der Waals surface area contributed by atoms with Crippen molar-refractivity contribution in [2.24, 2.45) is 5.73 Å². The zero-order chi connectivity index (χ0) is 15.2. The lowest BCUT2D eigenvalue weighted by Gasteiger charge is -2.33. The molecule has 0 aliphatic carbocycles. The van der Waals surface area contributed by atoms with E-state index in [-0.39, 0.29) is 23.7 Å². The fraction of sp³-hybridized carbons (Fsp3) is 0.533. The van der Waals surface area contributed by atoms with Gasteiger partial charge in [0.1, 0.15) is 0 Å². The van der Waals surface area contributed by atoms with Gasteiger partial charge in [0.15, 0.2) is 0 Å². The van der Waals surface area contributed by atoms with Gasteiger partial charge in [-0.3, -0.25) is 4.79 Å². The lowest BCUT2D eigenvalue weighted by Crippen LogP contribution is -2.40. The van der Waals surface area contributed by atoms with Crippen LogP contribution in [0.15, 0.2) is 18.2 Å². The van der Waals surface area contributed by atoms with Crippen molar-refractivity contribution in [1.82, 2.24) is 5.32 Å². The first-order chi connectivity index (χ1) is 9.49. The smallest absolute Gasteiger partial charge is 0.221 e. The molecule has 1 amide bonds. The minimum Gasteiger partial charge on any atom is -0.355 e. The first kappa shape index (κ1) is 20.5. The van der Waals surface area contributed by atoms with Crippen molar-refractivity contribution in [2.45, 2.75) is 38.5 Å². The highest BCUT2D eigenvalue weighted by Gasteiger charge is 2.29. The van der Waals surface area contributed by atoms with E-state index in [1.807, 2.05) is 12.1 Å². The fourth-order valence-corrected chi connectivity index (χ4v) is 2.62. The molecule has 0 heterocycles. The Hall–Kier alpha value is -0.480. The molecule has 1 aromatic rings. The number of benzene rings is 1. The summed E-state index contributed by atoms with van der Waals surface area (Å²) in [6.45, 7) is 5.17. The Bertz CT molecular complexity index is 462. The van der Waals surface area contributed by atoms with Gasteiger partial charge in [-0.2, -0.15) is 0 Å². The molecular weight excluding hydrogens is 331 g/mol. The van der Waals surface area contributed by atoms with E-state index in [1.165, 1.54) is 0 Å². The molecule has 0 atom stereocenters. The third-order valence-corrected chi connectivity index (χ3v) is 4.62. The molecule has 0 aromatic heterocycles. The minimum absolute atomic E-state index is 0. The number of amides is 1. The monoisotopic (exact) mass is 352 g/mol. The molecule has 0 saturated heterocycles. The molecule has 0 saturated carbocycles. The van der Waals surface area contributed by atoms with Gasteiger partial charge in [-0.15, -0.1) is 12.4 Å². The van der Waals surface area contributed by atoms with Crippen molar-refractivity contribution in [1.29, 1.82) is 0 Å². The van der Waals surface area contributed by atoms with E-state index in [4.69, 9.17) is 28.9 Å². The van der Waals surface area contributed by atoms with Crippen LogP contribution >= 0.6 is 35.6 Å². The van der Waals surface area contributed by atoms with Crippen LogP contribution < -0.4 is 11.1 Å². The molecule has 1 rings (SSSR count). The van der Waals surface area contributed by atoms with Crippen molar-refractivity contribution in [2.75, 3.05) is 13.1 Å². The van der Waals surface area contributed by atoms with Crippen molar-refractivity contribution >= 4 is 41.5 Å². The van der Waals surface area contributed by atoms with Gasteiger partial charge < -0.3 is 11.1 Å². The van der Waals surface area contributed by atoms with Crippen molar-refractivity contribution in [3.63, 3.8) is 0 Å². The van der Waals surface area contributed by atoms with Crippen LogP contribution in [0.5, 0.6) is 0 Å². The van der Waals surface area contributed by atoms with Crippen molar-refractivity contribution in [3.8, 4) is 0 Å². The Balaban J connectivity index is 0.00000400. The van der Waals surface area contributed by atoms with Gasteiger partial charge in [-0.25, -0.2) is 0 Å². The van der Waals surface area contributed by atoms with Gasteiger partial charge in [-0.05, 0) is 30.5 Å². The third kappa shape index (κ3) is 5.33. The first-order valence-electron chi connectivity index (χ1n) is 6.91. The average Bonchev–Trinajstić information content (AvgIpc) is 2.44. The number of nitrogens with one attached hydrogen (secondary N) is 1. The summed E-state index contributed by atoms with van der Waals surface area (Å²) in [6, 6.07) is 5.68. The summed E-state index contributed by atoms with van der Waals surface area (Å²) in [5.41, 5.74) is 6.36. The topological polar surface area (TPSA) is 55.1 Å². The predicted molar refractivity (Wildman–Crippen MR) is 92.7 cm³/mol. The van der Waals surface area contributed by atoms with E-state index in [2.05, 4.69) is 19.2 Å². The van der Waals surface area contributed by atoms with Crippen molar-refractivity contribution in [3.05, 3.63) is 33.8 Å². The van der Waals surface area contributed by atoms with Crippen LogP contribution in [0.3, 0.4) is 0 Å². The summed E-state index contributed by atoms with van der Waals surface area (Å²) in [6.07, 6.45) is 2.17. The van der Waals surface area contributed by atoms with E-state index in [0.29, 0.717) is 29.6 Å². The highest BCUT2D eigenvalue weighted by atomic mass is 35.5. The number of rotatable bonds is 7. The normalized spacial score (nSPS) is 10.9. The van der Waals surface area contributed by atoms with E-state index in [1.54, 1.807) is 6.07 Å². The largest absolute Gasteiger partial charge is 0.355 e. The quantitative estimate of drug-likeness (QED) is 0.780. The Morgan fingerprint density at radius 1 is 1.24 bits per heavy atom. The zero-order valence-corrected chi connectivity index (χ0v) is 14.7. The molecule has 1 aromatic carbocycles. The summed E-state index contributed by atoms with van der Waals surface area (Å²) < 4.78 is 0. The summed E-state index contributed by atoms with van der Waals surface area (Å²) in [5, 5.41) is 4.05. The van der Waals surface area contributed by atoms with E-state index >= 15 is 0 Å². The molecule has 0 bridgehead atoms. The molecule has 6 heteroatoms. The van der Waals surface area contributed by atoms with Crippen molar-refractivity contribution < 1.29 is 4.79 Å². The van der Waals surface area contributed by atoms with Crippen LogP contribution in [0.1, 0.15) is 38.7 Å². The number of hydrogen-bond donors (Lipinski definition) is 2. The first-order valence-corrected chi connectivity index (χ1v) is 7.67. The highest BCUT2D eigenvalue weighted by molar-refractivity contribution is 6.42. The standard InChI is InChI=1S/C15H22Cl2N2O.ClH/c1-3-15(4-2,10-19-14(20)7-8-18)11-5-6-12(16)13(17)9-11;/h5-6,9H,3-4,7-8,10,18H2,1-2H3,(H,19,20);1H. The van der Waals surface area contributed by atoms with E-state index in [0.717, 1.165) is 18.4 Å². The average molecular weight is 354 g/mol. The molecule has 0 radical (unpaired) electrons. The van der Waals surface area contributed by atoms with Crippen LogP contribution in [0.4, 0.5) is 0 Å². The second kappa shape index (κ2) is 9.52. The SMILES string of the molecule is CCC(CC)(CNC(=O)CCN)c1ccc(Cl)c(Cl)c1.Cl. The maximum Gasteiger partial charge on any atom is 0.221 e. The lowest BCUT2D eigenvalue weighted by molar-refractivity contribution is -0.121. The Morgan fingerprint density at radius 3 is 2.33 bits per heavy atom. The van der Waals surface area contributed by atoms with Crippen LogP contribution in [-0.4, -0.2) is 19.0 Å². The summed E-state index contributed by atoms with van der Waals surface area (Å²) in [4.78, 5) is 11.6. The Morgan fingerprint density at radius 2 is 1.86 bits per heavy atom. The highest BCUT2D eigenvalue weighted by Crippen LogP contribution is 2.34.